The molecule has 50 valence electrons. The molecule has 0 spiro atoms. The Morgan fingerprint density at radius 1 is 1.50 bits per heavy atom. The van der Waals surface area contributed by atoms with Crippen molar-refractivity contribution in [1.29, 1.82) is 0 Å². The highest BCUT2D eigenvalue weighted by Crippen LogP contribution is 1.86. The number of hydrogen-bond donors (Lipinski definition) is 1. The highest BCUT2D eigenvalue weighted by molar-refractivity contribution is 7.98. The van der Waals surface area contributed by atoms with Crippen LogP contribution in [0.4, 0.5) is 0 Å². The van der Waals surface area contributed by atoms with Crippen molar-refractivity contribution in [1.82, 2.24) is 5.32 Å². The zero-order valence-corrected chi connectivity index (χ0v) is 6.69. The van der Waals surface area contributed by atoms with Gasteiger partial charge in [0.1, 0.15) is 0 Å². The van der Waals surface area contributed by atoms with Crippen LogP contribution >= 0.6 is 23.4 Å². The van der Waals surface area contributed by atoms with Crippen LogP contribution in [0.2, 0.25) is 0 Å². The smallest absolute Gasteiger partial charge is 0.0348 e. The summed E-state index contributed by atoms with van der Waals surface area (Å²) in [7, 11) is 0. The molecule has 0 aliphatic carbocycles. The van der Waals surface area contributed by atoms with E-state index in [0.717, 1.165) is 13.1 Å². The third-order valence-corrected chi connectivity index (χ3v) is 1.56. The lowest BCUT2D eigenvalue weighted by Gasteiger charge is -1.97. The summed E-state index contributed by atoms with van der Waals surface area (Å²) in [5.74, 6) is 1.89. The van der Waals surface area contributed by atoms with Gasteiger partial charge < -0.3 is 5.32 Å². The summed E-state index contributed by atoms with van der Waals surface area (Å²) >= 11 is 7.26. The molecule has 0 saturated carbocycles. The lowest BCUT2D eigenvalue weighted by molar-refractivity contribution is 0.772. The van der Waals surface area contributed by atoms with Crippen LogP contribution in [-0.2, 0) is 0 Å². The Hall–Kier alpha value is 0.600. The molecule has 0 aromatic heterocycles. The molecule has 0 aromatic carbocycles. The zero-order chi connectivity index (χ0) is 6.24. The average Bonchev–Trinajstić information content (AvgIpc) is 1.81. The number of alkyl halides is 1. The predicted octanol–water partition coefficient (Wildman–Crippen LogP) is 1.18. The van der Waals surface area contributed by atoms with E-state index < -0.39 is 0 Å². The second-order valence-electron chi connectivity index (χ2n) is 1.43. The number of halogens is 1. The van der Waals surface area contributed by atoms with Crippen molar-refractivity contribution in [2.75, 3.05) is 31.0 Å². The molecule has 0 atom stereocenters. The van der Waals surface area contributed by atoms with E-state index in [1.165, 1.54) is 5.75 Å². The molecule has 1 N–H and O–H groups in total. The van der Waals surface area contributed by atoms with Gasteiger partial charge in [-0.2, -0.15) is 11.8 Å². The lowest BCUT2D eigenvalue weighted by atomic mass is 10.7. The summed E-state index contributed by atoms with van der Waals surface area (Å²) in [5.41, 5.74) is 0. The van der Waals surface area contributed by atoms with Gasteiger partial charge in [0.05, 0.1) is 0 Å². The number of thioether (sulfide) groups is 1. The van der Waals surface area contributed by atoms with Crippen molar-refractivity contribution < 1.29 is 0 Å². The maximum atomic E-state index is 5.41. The molecule has 0 radical (unpaired) electrons. The second-order valence-corrected chi connectivity index (χ2v) is 2.80. The third-order valence-electron chi connectivity index (χ3n) is 0.754. The van der Waals surface area contributed by atoms with Crippen LogP contribution in [-0.4, -0.2) is 31.0 Å². The summed E-state index contributed by atoms with van der Waals surface area (Å²) in [6.07, 6.45) is 2.10. The largest absolute Gasteiger partial charge is 0.315 e. The van der Waals surface area contributed by atoms with E-state index >= 15 is 0 Å². The van der Waals surface area contributed by atoms with Crippen molar-refractivity contribution in [2.45, 2.75) is 0 Å². The van der Waals surface area contributed by atoms with Crippen LogP contribution in [0.3, 0.4) is 0 Å². The number of rotatable bonds is 5. The van der Waals surface area contributed by atoms with Gasteiger partial charge in [0.15, 0.2) is 0 Å². The first kappa shape index (κ1) is 8.60. The van der Waals surface area contributed by atoms with Gasteiger partial charge in [0.25, 0.3) is 0 Å². The first-order valence-corrected chi connectivity index (χ1v) is 4.60. The number of hydrogen-bond acceptors (Lipinski definition) is 2. The van der Waals surface area contributed by atoms with Crippen LogP contribution in [0.5, 0.6) is 0 Å². The minimum Gasteiger partial charge on any atom is -0.315 e. The van der Waals surface area contributed by atoms with Gasteiger partial charge in [-0.3, -0.25) is 0 Å². The fourth-order valence-corrected chi connectivity index (χ4v) is 0.848. The molecule has 0 unspecified atom stereocenters. The average molecular weight is 154 g/mol. The van der Waals surface area contributed by atoms with E-state index in [0.29, 0.717) is 5.88 Å². The van der Waals surface area contributed by atoms with Crippen molar-refractivity contribution in [2.24, 2.45) is 0 Å². The minimum atomic E-state index is 0.717. The van der Waals surface area contributed by atoms with Gasteiger partial charge in [-0.15, -0.1) is 11.6 Å². The van der Waals surface area contributed by atoms with Crippen molar-refractivity contribution in [3.8, 4) is 0 Å². The van der Waals surface area contributed by atoms with E-state index in [9.17, 15) is 0 Å². The Morgan fingerprint density at radius 2 is 2.25 bits per heavy atom. The first-order valence-electron chi connectivity index (χ1n) is 2.67. The predicted molar refractivity (Wildman–Crippen MR) is 42.0 cm³/mol. The maximum Gasteiger partial charge on any atom is 0.0348 e. The second kappa shape index (κ2) is 7.60. The fourth-order valence-electron chi connectivity index (χ4n) is 0.366. The Morgan fingerprint density at radius 3 is 2.75 bits per heavy atom. The fraction of sp³-hybridized carbons (Fsp3) is 1.00. The Balaban J connectivity index is 2.53. The highest BCUT2D eigenvalue weighted by Gasteiger charge is 1.81. The first-order chi connectivity index (χ1) is 3.91. The van der Waals surface area contributed by atoms with Gasteiger partial charge in [-0.25, -0.2) is 0 Å². The SMILES string of the molecule is CSCCNCCCl. The van der Waals surface area contributed by atoms with Gasteiger partial charge in [-0.1, -0.05) is 0 Å². The minimum absolute atomic E-state index is 0.717. The van der Waals surface area contributed by atoms with Crippen molar-refractivity contribution in [3.05, 3.63) is 0 Å². The quantitative estimate of drug-likeness (QED) is 0.470. The van der Waals surface area contributed by atoms with Gasteiger partial charge in [-0.05, 0) is 6.26 Å². The molecule has 0 fully saturated rings. The Kier molecular flexibility index (Phi) is 8.17. The summed E-state index contributed by atoms with van der Waals surface area (Å²) in [4.78, 5) is 0. The van der Waals surface area contributed by atoms with E-state index in [-0.39, 0.29) is 0 Å². The molecule has 3 heteroatoms. The number of nitrogens with one attached hydrogen (secondary N) is 1. The Bertz CT molecular complexity index is 37.4. The zero-order valence-electron chi connectivity index (χ0n) is 5.11. The molecule has 1 nitrogen and oxygen atoms in total. The third kappa shape index (κ3) is 6.60. The summed E-state index contributed by atoms with van der Waals surface area (Å²) in [5, 5.41) is 3.18. The van der Waals surface area contributed by atoms with Gasteiger partial charge in [0.2, 0.25) is 0 Å². The molecule has 0 aliphatic heterocycles. The summed E-state index contributed by atoms with van der Waals surface area (Å²) in [6.45, 7) is 2.01. The molecule has 0 heterocycles. The molecule has 8 heavy (non-hydrogen) atoms. The molecule has 0 aromatic rings. The molecule has 0 rings (SSSR count). The van der Waals surface area contributed by atoms with E-state index in [1.807, 2.05) is 11.8 Å². The van der Waals surface area contributed by atoms with Crippen LogP contribution in [0.15, 0.2) is 0 Å². The van der Waals surface area contributed by atoms with E-state index in [4.69, 9.17) is 11.6 Å². The van der Waals surface area contributed by atoms with Gasteiger partial charge >= 0.3 is 0 Å². The molecule has 0 saturated heterocycles. The van der Waals surface area contributed by atoms with E-state index in [1.54, 1.807) is 0 Å². The monoisotopic (exact) mass is 153 g/mol. The summed E-state index contributed by atoms with van der Waals surface area (Å²) < 4.78 is 0. The standard InChI is InChI=1S/C5H12ClNS/c1-8-5-4-7-3-2-6/h7H,2-5H2,1H3. The summed E-state index contributed by atoms with van der Waals surface area (Å²) in [6, 6.07) is 0. The van der Waals surface area contributed by atoms with Crippen molar-refractivity contribution >= 4 is 23.4 Å². The molecule has 0 amide bonds. The maximum absolute atomic E-state index is 5.41. The van der Waals surface area contributed by atoms with Gasteiger partial charge in [0, 0.05) is 24.7 Å². The van der Waals surface area contributed by atoms with Crippen molar-refractivity contribution in [3.63, 3.8) is 0 Å². The molecular weight excluding hydrogens is 142 g/mol. The van der Waals surface area contributed by atoms with E-state index in [2.05, 4.69) is 11.6 Å². The highest BCUT2D eigenvalue weighted by atomic mass is 35.5. The molecule has 0 bridgehead atoms. The van der Waals surface area contributed by atoms with Crippen LogP contribution < -0.4 is 5.32 Å². The Labute approximate surface area is 60.2 Å². The van der Waals surface area contributed by atoms with Crippen LogP contribution in [0, 0.1) is 0 Å². The van der Waals surface area contributed by atoms with Crippen LogP contribution in [0.25, 0.3) is 0 Å². The molecule has 0 aliphatic rings. The molecular formula is C5H12ClNS. The lowest BCUT2D eigenvalue weighted by Crippen LogP contribution is -2.19. The topological polar surface area (TPSA) is 12.0 Å². The normalized spacial score (nSPS) is 9.75. The van der Waals surface area contributed by atoms with Crippen LogP contribution in [0.1, 0.15) is 0 Å².